The van der Waals surface area contributed by atoms with Gasteiger partial charge in [0, 0.05) is 5.75 Å². The third kappa shape index (κ3) is 4.62. The van der Waals surface area contributed by atoms with Crippen molar-refractivity contribution in [3.05, 3.63) is 0 Å². The summed E-state index contributed by atoms with van der Waals surface area (Å²) in [6.45, 7) is 5.53. The first-order valence-electron chi connectivity index (χ1n) is 3.91. The largest absolute Gasteiger partial charge is 0.459 e. The van der Waals surface area contributed by atoms with Gasteiger partial charge in [-0.2, -0.15) is 12.6 Å². The minimum absolute atomic E-state index is 0.250. The van der Waals surface area contributed by atoms with E-state index in [0.29, 0.717) is 5.75 Å². The van der Waals surface area contributed by atoms with Crippen LogP contribution < -0.4 is 5.32 Å². The van der Waals surface area contributed by atoms with Crippen LogP contribution in [0.4, 0.5) is 0 Å². The highest BCUT2D eigenvalue weighted by molar-refractivity contribution is 7.80. The summed E-state index contributed by atoms with van der Waals surface area (Å²) in [7, 11) is 1.71. The zero-order chi connectivity index (χ0) is 9.78. The molecule has 0 aromatic heterocycles. The number of hydrogen-bond acceptors (Lipinski definition) is 4. The average molecular weight is 191 g/mol. The molecule has 12 heavy (non-hydrogen) atoms. The predicted octanol–water partition coefficient (Wildman–Crippen LogP) is 0.846. The fourth-order valence-electron chi connectivity index (χ4n) is 0.657. The van der Waals surface area contributed by atoms with E-state index in [1.807, 2.05) is 20.8 Å². The Balaban J connectivity index is 4.02. The molecule has 0 radical (unpaired) electrons. The highest BCUT2D eigenvalue weighted by Gasteiger charge is 2.22. The molecule has 4 heteroatoms. The predicted molar refractivity (Wildman–Crippen MR) is 52.5 cm³/mol. The highest BCUT2D eigenvalue weighted by Crippen LogP contribution is 2.08. The summed E-state index contributed by atoms with van der Waals surface area (Å²) in [6, 6.07) is -0.312. The van der Waals surface area contributed by atoms with E-state index in [1.165, 1.54) is 0 Å². The van der Waals surface area contributed by atoms with E-state index in [1.54, 1.807) is 7.05 Å². The molecule has 0 aromatic rings. The second-order valence-corrected chi connectivity index (χ2v) is 3.92. The molecular formula is C8H17NO2S. The van der Waals surface area contributed by atoms with E-state index in [0.717, 1.165) is 0 Å². The minimum atomic E-state index is -0.421. The summed E-state index contributed by atoms with van der Waals surface area (Å²) < 4.78 is 5.13. The monoisotopic (exact) mass is 191 g/mol. The topological polar surface area (TPSA) is 38.3 Å². The van der Waals surface area contributed by atoms with Crippen LogP contribution in [0.5, 0.6) is 0 Å². The molecule has 3 nitrogen and oxygen atoms in total. The number of thiol groups is 1. The summed E-state index contributed by atoms with van der Waals surface area (Å²) in [5.41, 5.74) is -0.421. The third-order valence-electron chi connectivity index (χ3n) is 1.22. The molecular weight excluding hydrogens is 174 g/mol. The molecule has 0 saturated heterocycles. The second kappa shape index (κ2) is 4.72. The number of likely N-dealkylation sites (N-methyl/N-ethyl adjacent to an activating group) is 1. The molecule has 0 heterocycles. The molecule has 0 aliphatic heterocycles. The van der Waals surface area contributed by atoms with E-state index in [4.69, 9.17) is 4.74 Å². The summed E-state index contributed by atoms with van der Waals surface area (Å²) in [4.78, 5) is 11.3. The molecule has 0 amide bonds. The van der Waals surface area contributed by atoms with E-state index < -0.39 is 5.60 Å². The third-order valence-corrected chi connectivity index (χ3v) is 1.59. The molecule has 72 valence electrons. The molecule has 0 aliphatic rings. The first-order valence-corrected chi connectivity index (χ1v) is 4.55. The Morgan fingerprint density at radius 1 is 1.58 bits per heavy atom. The van der Waals surface area contributed by atoms with Crippen LogP contribution in [0.3, 0.4) is 0 Å². The number of carbonyl (C=O) groups excluding carboxylic acids is 1. The van der Waals surface area contributed by atoms with Crippen LogP contribution in [0.2, 0.25) is 0 Å². The quantitative estimate of drug-likeness (QED) is 0.513. The smallest absolute Gasteiger partial charge is 0.324 e. The normalized spacial score (nSPS) is 14.1. The Morgan fingerprint density at radius 2 is 2.08 bits per heavy atom. The molecule has 1 N–H and O–H groups in total. The van der Waals surface area contributed by atoms with Gasteiger partial charge in [0.1, 0.15) is 11.6 Å². The van der Waals surface area contributed by atoms with Crippen molar-refractivity contribution in [1.82, 2.24) is 5.32 Å². The van der Waals surface area contributed by atoms with Gasteiger partial charge in [-0.1, -0.05) is 0 Å². The Kier molecular flexibility index (Phi) is 4.63. The molecule has 0 spiro atoms. The maximum atomic E-state index is 11.3. The van der Waals surface area contributed by atoms with Crippen LogP contribution in [0, 0.1) is 0 Å². The van der Waals surface area contributed by atoms with Crippen molar-refractivity contribution >= 4 is 18.6 Å². The van der Waals surface area contributed by atoms with Gasteiger partial charge in [0.05, 0.1) is 0 Å². The van der Waals surface area contributed by atoms with Crippen molar-refractivity contribution in [3.8, 4) is 0 Å². The number of carbonyl (C=O) groups is 1. The number of esters is 1. The van der Waals surface area contributed by atoms with Crippen molar-refractivity contribution in [2.75, 3.05) is 12.8 Å². The zero-order valence-corrected chi connectivity index (χ0v) is 8.94. The average Bonchev–Trinajstić information content (AvgIpc) is 1.85. The van der Waals surface area contributed by atoms with Gasteiger partial charge in [-0.15, -0.1) is 0 Å². The van der Waals surface area contributed by atoms with Crippen LogP contribution in [-0.2, 0) is 9.53 Å². The number of ether oxygens (including phenoxy) is 1. The van der Waals surface area contributed by atoms with Gasteiger partial charge in [0.2, 0.25) is 0 Å². The van der Waals surface area contributed by atoms with E-state index >= 15 is 0 Å². The molecule has 0 rings (SSSR count). The lowest BCUT2D eigenvalue weighted by molar-refractivity contribution is -0.156. The summed E-state index contributed by atoms with van der Waals surface area (Å²) in [6.07, 6.45) is 0. The van der Waals surface area contributed by atoms with Crippen molar-refractivity contribution in [2.24, 2.45) is 0 Å². The van der Waals surface area contributed by atoms with Gasteiger partial charge >= 0.3 is 5.97 Å². The Bertz CT molecular complexity index is 150. The number of rotatable bonds is 3. The van der Waals surface area contributed by atoms with E-state index in [9.17, 15) is 4.79 Å². The van der Waals surface area contributed by atoms with Gasteiger partial charge < -0.3 is 10.1 Å². The van der Waals surface area contributed by atoms with Crippen molar-refractivity contribution < 1.29 is 9.53 Å². The molecule has 0 saturated carbocycles. The lowest BCUT2D eigenvalue weighted by Gasteiger charge is -2.22. The van der Waals surface area contributed by atoms with Crippen LogP contribution in [0.1, 0.15) is 20.8 Å². The Hall–Kier alpha value is -0.220. The van der Waals surface area contributed by atoms with Crippen LogP contribution in [0.15, 0.2) is 0 Å². The number of nitrogens with one attached hydrogen (secondary N) is 1. The van der Waals surface area contributed by atoms with Gasteiger partial charge in [-0.25, -0.2) is 0 Å². The minimum Gasteiger partial charge on any atom is -0.459 e. The second-order valence-electron chi connectivity index (χ2n) is 3.56. The first-order chi connectivity index (χ1) is 5.40. The highest BCUT2D eigenvalue weighted by atomic mass is 32.1. The maximum Gasteiger partial charge on any atom is 0.324 e. The number of hydrogen-bond donors (Lipinski definition) is 2. The van der Waals surface area contributed by atoms with Crippen molar-refractivity contribution in [2.45, 2.75) is 32.4 Å². The molecule has 0 aromatic carbocycles. The lowest BCUT2D eigenvalue weighted by Crippen LogP contribution is -2.40. The fourth-order valence-corrected chi connectivity index (χ4v) is 0.988. The Labute approximate surface area is 79.3 Å². The molecule has 0 aliphatic carbocycles. The molecule has 0 unspecified atom stereocenters. The van der Waals surface area contributed by atoms with Gasteiger partial charge in [0.15, 0.2) is 0 Å². The SMILES string of the molecule is CN[C@H](CS)C(=O)OC(C)(C)C. The van der Waals surface area contributed by atoms with Gasteiger partial charge in [-0.3, -0.25) is 4.79 Å². The summed E-state index contributed by atoms with van der Waals surface area (Å²) in [5, 5.41) is 2.82. The van der Waals surface area contributed by atoms with Crippen molar-refractivity contribution in [3.63, 3.8) is 0 Å². The fraction of sp³-hybridized carbons (Fsp3) is 0.875. The lowest BCUT2D eigenvalue weighted by atomic mass is 10.2. The Morgan fingerprint density at radius 3 is 2.33 bits per heavy atom. The van der Waals surface area contributed by atoms with Crippen LogP contribution in [0.25, 0.3) is 0 Å². The van der Waals surface area contributed by atoms with Gasteiger partial charge in [0.25, 0.3) is 0 Å². The summed E-state index contributed by atoms with van der Waals surface area (Å²) >= 11 is 4.02. The van der Waals surface area contributed by atoms with E-state index in [2.05, 4.69) is 17.9 Å². The zero-order valence-electron chi connectivity index (χ0n) is 8.05. The van der Waals surface area contributed by atoms with E-state index in [-0.39, 0.29) is 12.0 Å². The molecule has 0 bridgehead atoms. The molecule has 0 fully saturated rings. The van der Waals surface area contributed by atoms with Crippen molar-refractivity contribution in [1.29, 1.82) is 0 Å². The molecule has 1 atom stereocenters. The van der Waals surface area contributed by atoms with Gasteiger partial charge in [-0.05, 0) is 27.8 Å². The van der Waals surface area contributed by atoms with Crippen LogP contribution in [-0.4, -0.2) is 30.4 Å². The standard InChI is InChI=1S/C8H17NO2S/c1-8(2,3)11-7(10)6(5-12)9-4/h6,9,12H,5H2,1-4H3/t6-/m1/s1. The first kappa shape index (κ1) is 11.8. The van der Waals surface area contributed by atoms with Crippen LogP contribution >= 0.6 is 12.6 Å². The maximum absolute atomic E-state index is 11.3. The summed E-state index contributed by atoms with van der Waals surface area (Å²) in [5.74, 6) is 0.200.